The van der Waals surface area contributed by atoms with E-state index in [2.05, 4.69) is 16.1 Å². The van der Waals surface area contributed by atoms with E-state index in [1.807, 2.05) is 6.08 Å². The Morgan fingerprint density at radius 1 is 1.18 bits per heavy atom. The van der Waals surface area contributed by atoms with Gasteiger partial charge in [0.15, 0.2) is 0 Å². The molecule has 0 bridgehead atoms. The zero-order valence-corrected chi connectivity index (χ0v) is 13.6. The number of Topliss-reactive ketones (excluding diaryl/α,β-unsaturated/α-hetero) is 1. The Morgan fingerprint density at radius 3 is 2.32 bits per heavy atom. The van der Waals surface area contributed by atoms with E-state index in [0.717, 1.165) is 11.1 Å². The Kier molecular flexibility index (Phi) is 9.58. The minimum absolute atomic E-state index is 0.124. The Bertz CT molecular complexity index is 450. The van der Waals surface area contributed by atoms with Crippen LogP contribution in [-0.2, 0) is 23.8 Å². The van der Waals surface area contributed by atoms with Gasteiger partial charge in [-0.2, -0.15) is 0 Å². The van der Waals surface area contributed by atoms with Crippen LogP contribution in [0.5, 0.6) is 0 Å². The number of carbonyl (C=O) groups excluding carboxylic acids is 3. The van der Waals surface area contributed by atoms with E-state index in [9.17, 15) is 14.4 Å². The van der Waals surface area contributed by atoms with Crippen molar-refractivity contribution in [2.75, 3.05) is 20.3 Å². The van der Waals surface area contributed by atoms with Crippen molar-refractivity contribution in [1.29, 1.82) is 0 Å². The molecule has 0 radical (unpaired) electrons. The molecule has 0 aliphatic carbocycles. The van der Waals surface area contributed by atoms with Crippen molar-refractivity contribution < 1.29 is 28.6 Å². The van der Waals surface area contributed by atoms with Crippen molar-refractivity contribution in [3.05, 3.63) is 23.8 Å². The van der Waals surface area contributed by atoms with Crippen molar-refractivity contribution in [1.82, 2.24) is 0 Å². The zero-order chi connectivity index (χ0) is 17.1. The molecule has 0 rings (SSSR count). The van der Waals surface area contributed by atoms with Crippen molar-refractivity contribution >= 4 is 17.9 Å². The van der Waals surface area contributed by atoms with Gasteiger partial charge < -0.3 is 14.2 Å². The van der Waals surface area contributed by atoms with Gasteiger partial charge in [0, 0.05) is 0 Å². The number of methoxy groups -OCH3 is 1. The zero-order valence-electron chi connectivity index (χ0n) is 13.6. The van der Waals surface area contributed by atoms with E-state index in [1.54, 1.807) is 13.8 Å². The van der Waals surface area contributed by atoms with Crippen LogP contribution in [-0.4, -0.2) is 38.2 Å². The maximum atomic E-state index is 11.5. The van der Waals surface area contributed by atoms with E-state index in [0.29, 0.717) is 6.42 Å². The second kappa shape index (κ2) is 10.6. The molecule has 1 unspecified atom stereocenters. The summed E-state index contributed by atoms with van der Waals surface area (Å²) < 4.78 is 14.1. The first kappa shape index (κ1) is 19.9. The molecule has 0 amide bonds. The fourth-order valence-corrected chi connectivity index (χ4v) is 1.62. The van der Waals surface area contributed by atoms with Crippen LogP contribution in [0.3, 0.4) is 0 Å². The standard InChI is InChI=1S/C16H24O6/c1-6-21-16(19)22-10-12(3)8-7-11(2)9-14(13(4)17)15(18)20-5/h8,14H,2,6-7,9-10H2,1,3-5H3/b12-8+. The van der Waals surface area contributed by atoms with Crippen molar-refractivity contribution in [2.45, 2.75) is 33.6 Å². The topological polar surface area (TPSA) is 78.9 Å². The van der Waals surface area contributed by atoms with Gasteiger partial charge in [-0.3, -0.25) is 9.59 Å². The number of allylic oxidation sites excluding steroid dienone is 2. The van der Waals surface area contributed by atoms with Crippen molar-refractivity contribution in [3.8, 4) is 0 Å². The smallest absolute Gasteiger partial charge is 0.468 e. The SMILES string of the molecule is C=C(C/C=C(\C)COC(=O)OCC)CC(C(C)=O)C(=O)OC. The highest BCUT2D eigenvalue weighted by molar-refractivity contribution is 5.97. The van der Waals surface area contributed by atoms with E-state index in [1.165, 1.54) is 14.0 Å². The van der Waals surface area contributed by atoms with Gasteiger partial charge in [-0.1, -0.05) is 18.2 Å². The molecule has 22 heavy (non-hydrogen) atoms. The molecule has 1 atom stereocenters. The summed E-state index contributed by atoms with van der Waals surface area (Å²) >= 11 is 0. The quantitative estimate of drug-likeness (QED) is 0.370. The average Bonchev–Trinajstić information content (AvgIpc) is 2.47. The number of hydrogen-bond donors (Lipinski definition) is 0. The Morgan fingerprint density at radius 2 is 1.82 bits per heavy atom. The molecule has 0 saturated carbocycles. The van der Waals surface area contributed by atoms with E-state index in [4.69, 9.17) is 4.74 Å². The third-order valence-corrected chi connectivity index (χ3v) is 2.89. The predicted octanol–water partition coefficient (Wildman–Crippen LogP) is 2.82. The molecule has 0 spiro atoms. The maximum Gasteiger partial charge on any atom is 0.508 e. The molecule has 0 N–H and O–H groups in total. The van der Waals surface area contributed by atoms with Gasteiger partial charge in [-0.05, 0) is 39.2 Å². The van der Waals surface area contributed by atoms with Crippen LogP contribution in [0.25, 0.3) is 0 Å². The first-order chi connectivity index (χ1) is 10.3. The van der Waals surface area contributed by atoms with Gasteiger partial charge >= 0.3 is 12.1 Å². The lowest BCUT2D eigenvalue weighted by molar-refractivity contribution is -0.148. The lowest BCUT2D eigenvalue weighted by Crippen LogP contribution is -2.23. The molecular weight excluding hydrogens is 288 g/mol. The first-order valence-corrected chi connectivity index (χ1v) is 7.01. The summed E-state index contributed by atoms with van der Waals surface area (Å²) in [6.07, 6.45) is 1.84. The van der Waals surface area contributed by atoms with Crippen molar-refractivity contribution in [3.63, 3.8) is 0 Å². The van der Waals surface area contributed by atoms with Gasteiger partial charge in [0.2, 0.25) is 0 Å². The van der Waals surface area contributed by atoms with Crippen LogP contribution in [0.15, 0.2) is 23.8 Å². The Hall–Kier alpha value is -2.11. The highest BCUT2D eigenvalue weighted by Crippen LogP contribution is 2.17. The molecule has 0 aliphatic rings. The van der Waals surface area contributed by atoms with Crippen LogP contribution in [0, 0.1) is 5.92 Å². The van der Waals surface area contributed by atoms with Crippen LogP contribution in [0.1, 0.15) is 33.6 Å². The summed E-state index contributed by atoms with van der Waals surface area (Å²) in [6, 6.07) is 0. The maximum absolute atomic E-state index is 11.5. The number of esters is 1. The van der Waals surface area contributed by atoms with Crippen LogP contribution in [0.2, 0.25) is 0 Å². The highest BCUT2D eigenvalue weighted by atomic mass is 16.7. The van der Waals surface area contributed by atoms with Gasteiger partial charge in [-0.25, -0.2) is 4.79 Å². The summed E-state index contributed by atoms with van der Waals surface area (Å²) in [5, 5.41) is 0. The molecule has 0 aromatic heterocycles. The molecule has 0 heterocycles. The molecule has 0 aliphatic heterocycles. The van der Waals surface area contributed by atoms with E-state index >= 15 is 0 Å². The minimum Gasteiger partial charge on any atom is -0.468 e. The number of carbonyl (C=O) groups is 3. The summed E-state index contributed by atoms with van der Waals surface area (Å²) in [5.74, 6) is -1.62. The summed E-state index contributed by atoms with van der Waals surface area (Å²) in [6.45, 7) is 9.09. The van der Waals surface area contributed by atoms with Crippen molar-refractivity contribution in [2.24, 2.45) is 5.92 Å². The van der Waals surface area contributed by atoms with Gasteiger partial charge in [0.25, 0.3) is 0 Å². The molecule has 0 fully saturated rings. The highest BCUT2D eigenvalue weighted by Gasteiger charge is 2.24. The average molecular weight is 312 g/mol. The van der Waals surface area contributed by atoms with Gasteiger partial charge in [-0.15, -0.1) is 0 Å². The summed E-state index contributed by atoms with van der Waals surface area (Å²) in [7, 11) is 1.25. The van der Waals surface area contributed by atoms with Crippen LogP contribution in [0.4, 0.5) is 4.79 Å². The number of ketones is 1. The molecule has 0 aromatic rings. The van der Waals surface area contributed by atoms with Gasteiger partial charge in [0.05, 0.1) is 13.7 Å². The Balaban J connectivity index is 4.35. The summed E-state index contributed by atoms with van der Waals surface area (Å²) in [4.78, 5) is 34.0. The predicted molar refractivity (Wildman–Crippen MR) is 81.3 cm³/mol. The fourth-order valence-electron chi connectivity index (χ4n) is 1.62. The first-order valence-electron chi connectivity index (χ1n) is 7.01. The second-order valence-electron chi connectivity index (χ2n) is 4.87. The van der Waals surface area contributed by atoms with Crippen LogP contribution >= 0.6 is 0 Å². The minimum atomic E-state index is -0.818. The number of hydrogen-bond acceptors (Lipinski definition) is 6. The number of rotatable bonds is 9. The lowest BCUT2D eigenvalue weighted by atomic mass is 9.95. The van der Waals surface area contributed by atoms with E-state index in [-0.39, 0.29) is 25.4 Å². The third kappa shape index (κ3) is 8.24. The monoisotopic (exact) mass is 312 g/mol. The summed E-state index contributed by atoms with van der Waals surface area (Å²) in [5.41, 5.74) is 1.55. The second-order valence-corrected chi connectivity index (χ2v) is 4.87. The molecule has 0 saturated heterocycles. The molecule has 124 valence electrons. The molecule has 0 aromatic carbocycles. The van der Waals surface area contributed by atoms with Gasteiger partial charge in [0.1, 0.15) is 18.3 Å². The fraction of sp³-hybridized carbons (Fsp3) is 0.562. The number of ether oxygens (including phenoxy) is 3. The van der Waals surface area contributed by atoms with E-state index < -0.39 is 18.0 Å². The van der Waals surface area contributed by atoms with Crippen LogP contribution < -0.4 is 0 Å². The molecule has 6 heteroatoms. The lowest BCUT2D eigenvalue weighted by Gasteiger charge is -2.12. The third-order valence-electron chi connectivity index (χ3n) is 2.89. The molecular formula is C16H24O6. The molecule has 6 nitrogen and oxygen atoms in total. The normalized spacial score (nSPS) is 12.3. The Labute approximate surface area is 131 Å². The largest absolute Gasteiger partial charge is 0.508 e.